The number of hydrogen-bond acceptors (Lipinski definition) is 3. The lowest BCUT2D eigenvalue weighted by Crippen LogP contribution is -2.54. The predicted molar refractivity (Wildman–Crippen MR) is 70.5 cm³/mol. The number of aromatic nitrogens is 2. The Hall–Kier alpha value is -1.07. The summed E-state index contributed by atoms with van der Waals surface area (Å²) in [6, 6.07) is -0.0606. The average molecular weight is 271 g/mol. The Morgan fingerprint density at radius 3 is 2.83 bits per heavy atom. The van der Waals surface area contributed by atoms with Crippen molar-refractivity contribution in [3.63, 3.8) is 0 Å². The second-order valence-corrected chi connectivity index (χ2v) is 5.01. The number of rotatable bonds is 3. The molecule has 2 heterocycles. The van der Waals surface area contributed by atoms with Crippen LogP contribution in [0.15, 0.2) is 0 Å². The zero-order valence-corrected chi connectivity index (χ0v) is 11.8. The summed E-state index contributed by atoms with van der Waals surface area (Å²) in [5, 5.41) is 8.11. The first-order valence-electron chi connectivity index (χ1n) is 6.24. The number of carbonyl (C=O) groups is 1. The van der Waals surface area contributed by atoms with Gasteiger partial charge in [-0.3, -0.25) is 9.48 Å². The summed E-state index contributed by atoms with van der Waals surface area (Å²) in [5.41, 5.74) is 1.84. The second kappa shape index (κ2) is 5.28. The highest BCUT2D eigenvalue weighted by molar-refractivity contribution is 6.30. The van der Waals surface area contributed by atoms with Crippen LogP contribution in [0.4, 0.5) is 0 Å². The van der Waals surface area contributed by atoms with Gasteiger partial charge in [0, 0.05) is 25.7 Å². The molecule has 5 nitrogen and oxygen atoms in total. The first-order valence-corrected chi connectivity index (χ1v) is 6.62. The van der Waals surface area contributed by atoms with E-state index in [2.05, 4.69) is 10.4 Å². The Morgan fingerprint density at radius 2 is 2.28 bits per heavy atom. The van der Waals surface area contributed by atoms with Crippen LogP contribution >= 0.6 is 11.6 Å². The van der Waals surface area contributed by atoms with Crippen LogP contribution in [-0.2, 0) is 18.4 Å². The molecule has 0 radical (unpaired) electrons. The molecule has 0 spiro atoms. The second-order valence-electron chi connectivity index (χ2n) is 4.65. The first kappa shape index (κ1) is 13.4. The molecule has 1 atom stereocenters. The summed E-state index contributed by atoms with van der Waals surface area (Å²) in [6.07, 6.45) is 0.815. The van der Waals surface area contributed by atoms with Gasteiger partial charge in [0.25, 0.3) is 0 Å². The zero-order valence-electron chi connectivity index (χ0n) is 11.0. The zero-order chi connectivity index (χ0) is 13.3. The topological polar surface area (TPSA) is 50.2 Å². The predicted octanol–water partition coefficient (Wildman–Crippen LogP) is 1.09. The molecular formula is C12H19ClN4O. The lowest BCUT2D eigenvalue weighted by atomic mass is 10.1. The summed E-state index contributed by atoms with van der Waals surface area (Å²) in [7, 11) is 1.81. The minimum atomic E-state index is -0.0606. The third-order valence-electron chi connectivity index (χ3n) is 3.41. The third-order valence-corrected chi connectivity index (χ3v) is 3.88. The van der Waals surface area contributed by atoms with E-state index < -0.39 is 0 Å². The SMILES string of the molecule is CCC1NCCN(Cc2c(C)nn(C)c2Cl)C1=O. The minimum Gasteiger partial charge on any atom is -0.336 e. The highest BCUT2D eigenvalue weighted by Gasteiger charge is 2.28. The number of halogens is 1. The van der Waals surface area contributed by atoms with Crippen LogP contribution in [-0.4, -0.2) is 39.7 Å². The van der Waals surface area contributed by atoms with Crippen LogP contribution in [0.5, 0.6) is 0 Å². The normalized spacial score (nSPS) is 20.6. The van der Waals surface area contributed by atoms with Crippen molar-refractivity contribution in [1.82, 2.24) is 20.0 Å². The van der Waals surface area contributed by atoms with Crippen LogP contribution in [0.25, 0.3) is 0 Å². The van der Waals surface area contributed by atoms with Gasteiger partial charge in [-0.25, -0.2) is 0 Å². The van der Waals surface area contributed by atoms with Gasteiger partial charge in [0.2, 0.25) is 5.91 Å². The molecular weight excluding hydrogens is 252 g/mol. The van der Waals surface area contributed by atoms with Gasteiger partial charge in [-0.15, -0.1) is 0 Å². The molecule has 18 heavy (non-hydrogen) atoms. The fourth-order valence-corrected chi connectivity index (χ4v) is 2.55. The van der Waals surface area contributed by atoms with E-state index in [9.17, 15) is 4.79 Å². The smallest absolute Gasteiger partial charge is 0.240 e. The van der Waals surface area contributed by atoms with Crippen molar-refractivity contribution in [1.29, 1.82) is 0 Å². The molecule has 2 rings (SSSR count). The van der Waals surface area contributed by atoms with Gasteiger partial charge in [0.1, 0.15) is 5.15 Å². The molecule has 0 aromatic carbocycles. The van der Waals surface area contributed by atoms with Crippen molar-refractivity contribution in [2.75, 3.05) is 13.1 Å². The number of piperazine rings is 1. The molecule has 1 saturated heterocycles. The van der Waals surface area contributed by atoms with Crippen molar-refractivity contribution in [2.24, 2.45) is 7.05 Å². The van der Waals surface area contributed by atoms with Crippen LogP contribution < -0.4 is 5.32 Å². The maximum Gasteiger partial charge on any atom is 0.240 e. The Labute approximate surface area is 112 Å². The average Bonchev–Trinajstić information content (AvgIpc) is 2.58. The van der Waals surface area contributed by atoms with E-state index in [1.165, 1.54) is 0 Å². The highest BCUT2D eigenvalue weighted by Crippen LogP contribution is 2.21. The van der Waals surface area contributed by atoms with E-state index in [4.69, 9.17) is 11.6 Å². The van der Waals surface area contributed by atoms with Gasteiger partial charge < -0.3 is 10.2 Å². The van der Waals surface area contributed by atoms with Crippen LogP contribution in [0.3, 0.4) is 0 Å². The Balaban J connectivity index is 2.15. The largest absolute Gasteiger partial charge is 0.336 e. The number of carbonyl (C=O) groups excluding carboxylic acids is 1. The quantitative estimate of drug-likeness (QED) is 0.895. The molecule has 0 bridgehead atoms. The van der Waals surface area contributed by atoms with E-state index in [-0.39, 0.29) is 11.9 Å². The fraction of sp³-hybridized carbons (Fsp3) is 0.667. The molecule has 1 N–H and O–H groups in total. The molecule has 6 heteroatoms. The van der Waals surface area contributed by atoms with Gasteiger partial charge in [0.15, 0.2) is 0 Å². The van der Waals surface area contributed by atoms with Gasteiger partial charge in [-0.2, -0.15) is 5.10 Å². The molecule has 100 valence electrons. The standard InChI is InChI=1S/C12H19ClN4O/c1-4-10-12(18)17(6-5-14-10)7-9-8(2)15-16(3)11(9)13/h10,14H,4-7H2,1-3H3. The van der Waals surface area contributed by atoms with E-state index in [1.54, 1.807) is 4.68 Å². The van der Waals surface area contributed by atoms with Gasteiger partial charge in [0.05, 0.1) is 18.3 Å². The van der Waals surface area contributed by atoms with Crippen LogP contribution in [0, 0.1) is 6.92 Å². The fourth-order valence-electron chi connectivity index (χ4n) is 2.31. The van der Waals surface area contributed by atoms with Crippen LogP contribution in [0.2, 0.25) is 5.15 Å². The van der Waals surface area contributed by atoms with Crippen LogP contribution in [0.1, 0.15) is 24.6 Å². The number of nitrogens with zero attached hydrogens (tertiary/aromatic N) is 3. The van der Waals surface area contributed by atoms with Gasteiger partial charge in [-0.05, 0) is 13.3 Å². The summed E-state index contributed by atoms with van der Waals surface area (Å²) in [6.45, 7) is 6.04. The Kier molecular flexibility index (Phi) is 3.92. The molecule has 1 amide bonds. The summed E-state index contributed by atoms with van der Waals surface area (Å²) in [4.78, 5) is 14.0. The van der Waals surface area contributed by atoms with Crippen molar-refractivity contribution >= 4 is 17.5 Å². The number of hydrogen-bond donors (Lipinski definition) is 1. The van der Waals surface area contributed by atoms with Crippen molar-refractivity contribution in [3.05, 3.63) is 16.4 Å². The molecule has 1 aromatic rings. The van der Waals surface area contributed by atoms with E-state index in [0.29, 0.717) is 11.7 Å². The number of amides is 1. The van der Waals surface area contributed by atoms with Crippen molar-refractivity contribution in [2.45, 2.75) is 32.9 Å². The van der Waals surface area contributed by atoms with Gasteiger partial charge >= 0.3 is 0 Å². The lowest BCUT2D eigenvalue weighted by molar-refractivity contribution is -0.136. The molecule has 1 aromatic heterocycles. The van der Waals surface area contributed by atoms with E-state index in [1.807, 2.05) is 25.8 Å². The van der Waals surface area contributed by atoms with Crippen molar-refractivity contribution in [3.8, 4) is 0 Å². The number of nitrogens with one attached hydrogen (secondary N) is 1. The lowest BCUT2D eigenvalue weighted by Gasteiger charge is -2.32. The minimum absolute atomic E-state index is 0.0606. The summed E-state index contributed by atoms with van der Waals surface area (Å²) in [5.74, 6) is 0.156. The molecule has 0 saturated carbocycles. The first-order chi connectivity index (χ1) is 8.54. The highest BCUT2D eigenvalue weighted by atomic mass is 35.5. The molecule has 0 aliphatic carbocycles. The molecule has 1 fully saturated rings. The monoisotopic (exact) mass is 270 g/mol. The summed E-state index contributed by atoms with van der Waals surface area (Å²) >= 11 is 6.20. The molecule has 1 aliphatic heterocycles. The maximum atomic E-state index is 12.2. The molecule has 1 unspecified atom stereocenters. The Bertz CT molecular complexity index is 457. The van der Waals surface area contributed by atoms with E-state index >= 15 is 0 Å². The maximum absolute atomic E-state index is 12.2. The van der Waals surface area contributed by atoms with Gasteiger partial charge in [-0.1, -0.05) is 18.5 Å². The third kappa shape index (κ3) is 2.37. The van der Waals surface area contributed by atoms with Crippen molar-refractivity contribution < 1.29 is 4.79 Å². The number of aryl methyl sites for hydroxylation is 2. The summed E-state index contributed by atoms with van der Waals surface area (Å²) < 4.78 is 1.65. The molecule has 1 aliphatic rings. The van der Waals surface area contributed by atoms with E-state index in [0.717, 1.165) is 30.8 Å². The Morgan fingerprint density at radius 1 is 1.56 bits per heavy atom.